The lowest BCUT2D eigenvalue weighted by molar-refractivity contribution is 0.156. The Morgan fingerprint density at radius 3 is 2.89 bits per heavy atom. The Labute approximate surface area is 103 Å². The number of aliphatic hydroxyl groups excluding tert-OH is 1. The zero-order chi connectivity index (χ0) is 12.7. The van der Waals surface area contributed by atoms with Crippen molar-refractivity contribution in [1.29, 1.82) is 0 Å². The zero-order valence-electron chi connectivity index (χ0n) is 9.74. The summed E-state index contributed by atoms with van der Waals surface area (Å²) in [5.74, 6) is -1.71. The SMILES string of the molecule is OC1CCCc2c1ccn2-c1cccc(F)c1F. The molecule has 0 saturated heterocycles. The van der Waals surface area contributed by atoms with Crippen molar-refractivity contribution in [3.63, 3.8) is 0 Å². The van der Waals surface area contributed by atoms with E-state index >= 15 is 0 Å². The van der Waals surface area contributed by atoms with E-state index in [4.69, 9.17) is 0 Å². The molecule has 3 rings (SSSR count). The van der Waals surface area contributed by atoms with Gasteiger partial charge in [0.2, 0.25) is 0 Å². The summed E-state index contributed by atoms with van der Waals surface area (Å²) in [4.78, 5) is 0. The van der Waals surface area contributed by atoms with Gasteiger partial charge in [-0.15, -0.1) is 0 Å². The molecule has 0 bridgehead atoms. The lowest BCUT2D eigenvalue weighted by atomic mass is 9.95. The van der Waals surface area contributed by atoms with Gasteiger partial charge in [0.05, 0.1) is 11.8 Å². The molecule has 1 aromatic heterocycles. The van der Waals surface area contributed by atoms with Gasteiger partial charge < -0.3 is 9.67 Å². The van der Waals surface area contributed by atoms with Crippen molar-refractivity contribution >= 4 is 0 Å². The molecular formula is C14H13F2NO. The van der Waals surface area contributed by atoms with Crippen LogP contribution in [0.1, 0.15) is 30.2 Å². The molecule has 0 saturated carbocycles. The highest BCUT2D eigenvalue weighted by molar-refractivity contribution is 5.41. The first kappa shape index (κ1) is 11.4. The molecule has 1 heterocycles. The summed E-state index contributed by atoms with van der Waals surface area (Å²) in [6.07, 6.45) is 3.55. The van der Waals surface area contributed by atoms with Crippen LogP contribution in [0.25, 0.3) is 5.69 Å². The Hall–Kier alpha value is -1.68. The smallest absolute Gasteiger partial charge is 0.182 e. The van der Waals surface area contributed by atoms with Gasteiger partial charge in [0, 0.05) is 17.5 Å². The molecule has 2 aromatic rings. The van der Waals surface area contributed by atoms with Crippen LogP contribution in [0.5, 0.6) is 0 Å². The lowest BCUT2D eigenvalue weighted by Gasteiger charge is -2.20. The number of nitrogens with zero attached hydrogens (tertiary/aromatic N) is 1. The highest BCUT2D eigenvalue weighted by atomic mass is 19.2. The monoisotopic (exact) mass is 249 g/mol. The van der Waals surface area contributed by atoms with E-state index in [1.54, 1.807) is 22.9 Å². The second kappa shape index (κ2) is 4.21. The number of benzene rings is 1. The van der Waals surface area contributed by atoms with E-state index in [1.807, 2.05) is 0 Å². The van der Waals surface area contributed by atoms with Crippen LogP contribution in [-0.2, 0) is 6.42 Å². The standard InChI is InChI=1S/C14H13F2NO/c15-10-3-1-5-12(14(10)16)17-8-7-9-11(17)4-2-6-13(9)18/h1,3,5,7-8,13,18H,2,4,6H2. The Kier molecular flexibility index (Phi) is 2.67. The van der Waals surface area contributed by atoms with Crippen molar-refractivity contribution in [2.75, 3.05) is 0 Å². The maximum atomic E-state index is 13.8. The molecule has 0 spiro atoms. The minimum Gasteiger partial charge on any atom is -0.388 e. The average molecular weight is 249 g/mol. The summed E-state index contributed by atoms with van der Waals surface area (Å²) < 4.78 is 28.7. The fraction of sp³-hybridized carbons (Fsp3) is 0.286. The largest absolute Gasteiger partial charge is 0.388 e. The van der Waals surface area contributed by atoms with Gasteiger partial charge in [0.1, 0.15) is 0 Å². The van der Waals surface area contributed by atoms with Crippen LogP contribution in [0.3, 0.4) is 0 Å². The lowest BCUT2D eigenvalue weighted by Crippen LogP contribution is -2.12. The highest BCUT2D eigenvalue weighted by Gasteiger charge is 2.23. The molecule has 0 aliphatic heterocycles. The number of aromatic nitrogens is 1. The summed E-state index contributed by atoms with van der Waals surface area (Å²) in [5.41, 5.74) is 1.90. The molecule has 1 aliphatic rings. The molecule has 1 aromatic carbocycles. The molecule has 4 heteroatoms. The van der Waals surface area contributed by atoms with Crippen LogP contribution >= 0.6 is 0 Å². The second-order valence-corrected chi connectivity index (χ2v) is 4.57. The quantitative estimate of drug-likeness (QED) is 0.825. The van der Waals surface area contributed by atoms with Gasteiger partial charge in [-0.1, -0.05) is 6.07 Å². The molecule has 18 heavy (non-hydrogen) atoms. The first-order valence-electron chi connectivity index (χ1n) is 6.01. The van der Waals surface area contributed by atoms with E-state index in [9.17, 15) is 13.9 Å². The summed E-state index contributed by atoms with van der Waals surface area (Å²) in [6, 6.07) is 5.91. The Morgan fingerprint density at radius 2 is 2.06 bits per heavy atom. The molecular weight excluding hydrogens is 236 g/mol. The number of rotatable bonds is 1. The topological polar surface area (TPSA) is 25.2 Å². The van der Waals surface area contributed by atoms with Crippen LogP contribution < -0.4 is 0 Å². The maximum Gasteiger partial charge on any atom is 0.182 e. The molecule has 0 radical (unpaired) electrons. The minimum absolute atomic E-state index is 0.199. The van der Waals surface area contributed by atoms with Crippen molar-refractivity contribution in [1.82, 2.24) is 4.57 Å². The van der Waals surface area contributed by atoms with E-state index in [1.165, 1.54) is 6.07 Å². The fourth-order valence-corrected chi connectivity index (χ4v) is 2.57. The predicted octanol–water partition coefficient (Wildman–Crippen LogP) is 3.13. The molecule has 1 unspecified atom stereocenters. The first-order chi connectivity index (χ1) is 8.68. The van der Waals surface area contributed by atoms with Crippen LogP contribution in [0.4, 0.5) is 8.78 Å². The van der Waals surface area contributed by atoms with Gasteiger partial charge in [-0.3, -0.25) is 0 Å². The van der Waals surface area contributed by atoms with E-state index in [0.29, 0.717) is 0 Å². The molecule has 1 N–H and O–H groups in total. The number of hydrogen-bond acceptors (Lipinski definition) is 1. The van der Waals surface area contributed by atoms with Crippen LogP contribution in [0.15, 0.2) is 30.5 Å². The minimum atomic E-state index is -0.855. The summed E-state index contributed by atoms with van der Waals surface area (Å²) in [5, 5.41) is 9.86. The summed E-state index contributed by atoms with van der Waals surface area (Å²) >= 11 is 0. The summed E-state index contributed by atoms with van der Waals surface area (Å²) in [6.45, 7) is 0. The molecule has 0 amide bonds. The maximum absolute atomic E-state index is 13.8. The third kappa shape index (κ3) is 1.64. The van der Waals surface area contributed by atoms with E-state index in [-0.39, 0.29) is 5.69 Å². The van der Waals surface area contributed by atoms with Gasteiger partial charge in [-0.25, -0.2) is 8.78 Å². The summed E-state index contributed by atoms with van der Waals surface area (Å²) in [7, 11) is 0. The number of fused-ring (bicyclic) bond motifs is 1. The van der Waals surface area contributed by atoms with Crippen LogP contribution in [0, 0.1) is 11.6 Å². The molecule has 0 fully saturated rings. The van der Waals surface area contributed by atoms with Gasteiger partial charge in [-0.05, 0) is 37.5 Å². The highest BCUT2D eigenvalue weighted by Crippen LogP contribution is 2.32. The van der Waals surface area contributed by atoms with Crippen molar-refractivity contribution in [2.24, 2.45) is 0 Å². The van der Waals surface area contributed by atoms with E-state index < -0.39 is 17.7 Å². The Balaban J connectivity index is 2.16. The van der Waals surface area contributed by atoms with Crippen LogP contribution in [-0.4, -0.2) is 9.67 Å². The Bertz CT molecular complexity index is 591. The second-order valence-electron chi connectivity index (χ2n) is 4.57. The number of halogens is 2. The van der Waals surface area contributed by atoms with Crippen molar-refractivity contribution in [2.45, 2.75) is 25.4 Å². The van der Waals surface area contributed by atoms with E-state index in [2.05, 4.69) is 0 Å². The third-order valence-electron chi connectivity index (χ3n) is 3.47. The van der Waals surface area contributed by atoms with Crippen molar-refractivity contribution < 1.29 is 13.9 Å². The molecule has 1 atom stereocenters. The van der Waals surface area contributed by atoms with E-state index in [0.717, 1.165) is 36.6 Å². The van der Waals surface area contributed by atoms with Gasteiger partial charge >= 0.3 is 0 Å². The first-order valence-corrected chi connectivity index (χ1v) is 6.01. The average Bonchev–Trinajstić information content (AvgIpc) is 2.78. The normalized spacial score (nSPS) is 18.7. The Morgan fingerprint density at radius 1 is 1.22 bits per heavy atom. The van der Waals surface area contributed by atoms with Crippen molar-refractivity contribution in [3.05, 3.63) is 53.4 Å². The fourth-order valence-electron chi connectivity index (χ4n) is 2.57. The molecule has 94 valence electrons. The number of aliphatic hydroxyl groups is 1. The van der Waals surface area contributed by atoms with Gasteiger partial charge in [0.25, 0.3) is 0 Å². The number of hydrogen-bond donors (Lipinski definition) is 1. The van der Waals surface area contributed by atoms with Gasteiger partial charge in [0.15, 0.2) is 11.6 Å². The predicted molar refractivity (Wildman–Crippen MR) is 63.6 cm³/mol. The van der Waals surface area contributed by atoms with Crippen LogP contribution in [0.2, 0.25) is 0 Å². The van der Waals surface area contributed by atoms with Gasteiger partial charge in [-0.2, -0.15) is 0 Å². The molecule has 1 aliphatic carbocycles. The molecule has 2 nitrogen and oxygen atoms in total. The third-order valence-corrected chi connectivity index (χ3v) is 3.47. The zero-order valence-corrected chi connectivity index (χ0v) is 9.74. The van der Waals surface area contributed by atoms with Crippen molar-refractivity contribution in [3.8, 4) is 5.69 Å².